The monoisotopic (exact) mass is 476 g/mol. The zero-order chi connectivity index (χ0) is 19.8. The summed E-state index contributed by atoms with van der Waals surface area (Å²) < 4.78 is 11.0. The molecule has 6 nitrogen and oxygen atoms in total. The molecule has 2 aromatic carbocycles. The quantitative estimate of drug-likeness (QED) is 0.295. The molecule has 0 aliphatic rings. The molecule has 138 valence electrons. The van der Waals surface area contributed by atoms with Gasteiger partial charge in [0, 0.05) is 9.26 Å². The Bertz CT molecular complexity index is 915. The summed E-state index contributed by atoms with van der Waals surface area (Å²) in [6.07, 6.45) is 1.49. The summed E-state index contributed by atoms with van der Waals surface area (Å²) in [5, 5.41) is 12.0. The Kier molecular flexibility index (Phi) is 7.37. The van der Waals surface area contributed by atoms with Crippen LogP contribution in [0.3, 0.4) is 0 Å². The van der Waals surface area contributed by atoms with Crippen LogP contribution in [-0.2, 0) is 9.53 Å². The Morgan fingerprint density at radius 3 is 2.52 bits per heavy atom. The summed E-state index contributed by atoms with van der Waals surface area (Å²) in [6, 6.07) is 13.6. The topological polar surface area (TPSA) is 88.4 Å². The van der Waals surface area contributed by atoms with Gasteiger partial charge in [-0.2, -0.15) is 5.26 Å². The van der Waals surface area contributed by atoms with Crippen LogP contribution in [0.15, 0.2) is 48.0 Å². The second-order valence-electron chi connectivity index (χ2n) is 5.35. The molecule has 0 unspecified atom stereocenters. The fourth-order valence-electron chi connectivity index (χ4n) is 2.20. The maximum Gasteiger partial charge on any atom is 0.338 e. The van der Waals surface area contributed by atoms with Crippen LogP contribution in [0.1, 0.15) is 22.8 Å². The van der Waals surface area contributed by atoms with Crippen molar-refractivity contribution in [3.63, 3.8) is 0 Å². The first-order valence-electron chi connectivity index (χ1n) is 8.01. The van der Waals surface area contributed by atoms with Gasteiger partial charge in [-0.1, -0.05) is 0 Å². The van der Waals surface area contributed by atoms with Gasteiger partial charge in [0.15, 0.2) is 0 Å². The van der Waals surface area contributed by atoms with Crippen LogP contribution < -0.4 is 10.1 Å². The average Bonchev–Trinajstić information content (AvgIpc) is 2.66. The normalized spacial score (nSPS) is 10.7. The summed E-state index contributed by atoms with van der Waals surface area (Å²) >= 11 is 2.13. The molecular formula is C20H17IN2O4. The van der Waals surface area contributed by atoms with Crippen LogP contribution in [0.2, 0.25) is 0 Å². The number of carbonyl (C=O) groups excluding carboxylic acids is 2. The van der Waals surface area contributed by atoms with E-state index in [1.807, 2.05) is 18.2 Å². The van der Waals surface area contributed by atoms with E-state index < -0.39 is 11.9 Å². The van der Waals surface area contributed by atoms with E-state index in [-0.39, 0.29) is 12.2 Å². The molecule has 0 saturated carbocycles. The Balaban J connectivity index is 2.17. The Morgan fingerprint density at radius 1 is 1.22 bits per heavy atom. The molecule has 2 aromatic rings. The van der Waals surface area contributed by atoms with Crippen LogP contribution in [0, 0.1) is 14.9 Å². The third-order valence-corrected chi connectivity index (χ3v) is 4.08. The number of methoxy groups -OCH3 is 1. The molecule has 0 bridgehead atoms. The molecule has 27 heavy (non-hydrogen) atoms. The van der Waals surface area contributed by atoms with E-state index in [9.17, 15) is 14.9 Å². The van der Waals surface area contributed by atoms with Crippen LogP contribution >= 0.6 is 22.6 Å². The number of esters is 1. The van der Waals surface area contributed by atoms with E-state index in [2.05, 4.69) is 27.9 Å². The van der Waals surface area contributed by atoms with Crippen molar-refractivity contribution in [3.05, 3.63) is 62.7 Å². The Labute approximate surface area is 170 Å². The first-order valence-corrected chi connectivity index (χ1v) is 9.09. The third kappa shape index (κ3) is 5.82. The highest BCUT2D eigenvalue weighted by molar-refractivity contribution is 14.1. The third-order valence-electron chi connectivity index (χ3n) is 3.46. The molecule has 0 heterocycles. The number of nitrogens with one attached hydrogen (secondary N) is 1. The van der Waals surface area contributed by atoms with Crippen LogP contribution in [0.25, 0.3) is 6.08 Å². The van der Waals surface area contributed by atoms with Gasteiger partial charge in [0.2, 0.25) is 0 Å². The number of nitrogens with zero attached hydrogens (tertiary/aromatic N) is 1. The lowest BCUT2D eigenvalue weighted by molar-refractivity contribution is -0.112. The zero-order valence-corrected chi connectivity index (χ0v) is 16.9. The summed E-state index contributed by atoms with van der Waals surface area (Å²) in [5.41, 5.74) is 1.49. The van der Waals surface area contributed by atoms with E-state index in [1.54, 1.807) is 44.4 Å². The second-order valence-corrected chi connectivity index (χ2v) is 6.59. The minimum absolute atomic E-state index is 0.0477. The molecule has 1 amide bonds. The number of anilines is 1. The maximum atomic E-state index is 12.4. The highest BCUT2D eigenvalue weighted by Crippen LogP contribution is 2.21. The fourth-order valence-corrected chi connectivity index (χ4v) is 2.87. The predicted molar refractivity (Wildman–Crippen MR) is 110 cm³/mol. The lowest BCUT2D eigenvalue weighted by Gasteiger charge is -2.07. The molecule has 2 rings (SSSR count). The minimum Gasteiger partial charge on any atom is -0.497 e. The van der Waals surface area contributed by atoms with Crippen molar-refractivity contribution in [2.75, 3.05) is 19.0 Å². The molecule has 0 atom stereocenters. The highest BCUT2D eigenvalue weighted by Gasteiger charge is 2.11. The molecule has 0 fully saturated rings. The maximum absolute atomic E-state index is 12.4. The summed E-state index contributed by atoms with van der Waals surface area (Å²) in [4.78, 5) is 24.0. The predicted octanol–water partition coefficient (Wildman–Crippen LogP) is 4.02. The minimum atomic E-state index is -0.542. The van der Waals surface area contributed by atoms with Gasteiger partial charge in [-0.25, -0.2) is 4.79 Å². The van der Waals surface area contributed by atoms with Gasteiger partial charge in [0.05, 0.1) is 19.3 Å². The van der Waals surface area contributed by atoms with Gasteiger partial charge in [-0.15, -0.1) is 0 Å². The second kappa shape index (κ2) is 9.73. The SMILES string of the molecule is CCOC(=O)c1ccc(NC(=O)/C(C#N)=C/c2cc(I)cc(OC)c2)cc1. The van der Waals surface area contributed by atoms with E-state index in [1.165, 1.54) is 6.08 Å². The highest BCUT2D eigenvalue weighted by atomic mass is 127. The number of ether oxygens (including phenoxy) is 2. The van der Waals surface area contributed by atoms with E-state index in [0.29, 0.717) is 22.6 Å². The van der Waals surface area contributed by atoms with E-state index >= 15 is 0 Å². The molecular weight excluding hydrogens is 459 g/mol. The lowest BCUT2D eigenvalue weighted by atomic mass is 10.1. The smallest absolute Gasteiger partial charge is 0.338 e. The number of hydrogen-bond acceptors (Lipinski definition) is 5. The van der Waals surface area contributed by atoms with E-state index in [0.717, 1.165) is 3.57 Å². The number of carbonyl (C=O) groups is 2. The van der Waals surface area contributed by atoms with Crippen molar-refractivity contribution in [2.45, 2.75) is 6.92 Å². The molecule has 0 aliphatic heterocycles. The van der Waals surface area contributed by atoms with Gasteiger partial charge in [-0.3, -0.25) is 4.79 Å². The van der Waals surface area contributed by atoms with E-state index in [4.69, 9.17) is 9.47 Å². The van der Waals surface area contributed by atoms with Crippen LogP contribution in [0.5, 0.6) is 5.75 Å². The Hall–Kier alpha value is -2.86. The van der Waals surface area contributed by atoms with Crippen molar-refractivity contribution >= 4 is 46.2 Å². The molecule has 0 spiro atoms. The number of rotatable bonds is 6. The van der Waals surface area contributed by atoms with Crippen molar-refractivity contribution in [1.29, 1.82) is 5.26 Å². The van der Waals surface area contributed by atoms with Gasteiger partial charge in [0.25, 0.3) is 5.91 Å². The van der Waals surface area contributed by atoms with Crippen molar-refractivity contribution < 1.29 is 19.1 Å². The van der Waals surface area contributed by atoms with Gasteiger partial charge in [0.1, 0.15) is 17.4 Å². The van der Waals surface area contributed by atoms with Crippen molar-refractivity contribution in [3.8, 4) is 11.8 Å². The number of hydrogen-bond donors (Lipinski definition) is 1. The standard InChI is InChI=1S/C20H17IN2O4/c1-3-27-20(25)14-4-6-17(7-5-14)23-19(24)15(12-22)8-13-9-16(21)11-18(10-13)26-2/h4-11H,3H2,1-2H3,(H,23,24)/b15-8+. The van der Waals surface area contributed by atoms with Crippen LogP contribution in [0.4, 0.5) is 5.69 Å². The summed E-state index contributed by atoms with van der Waals surface area (Å²) in [7, 11) is 1.55. The van der Waals surface area contributed by atoms with Crippen molar-refractivity contribution in [1.82, 2.24) is 0 Å². The summed E-state index contributed by atoms with van der Waals surface area (Å²) in [6.45, 7) is 2.02. The first kappa shape index (κ1) is 20.5. The number of benzene rings is 2. The Morgan fingerprint density at radius 2 is 1.93 bits per heavy atom. The van der Waals surface area contributed by atoms with Gasteiger partial charge >= 0.3 is 5.97 Å². The largest absolute Gasteiger partial charge is 0.497 e. The molecule has 0 aliphatic carbocycles. The van der Waals surface area contributed by atoms with Gasteiger partial charge < -0.3 is 14.8 Å². The number of amides is 1. The molecule has 0 aromatic heterocycles. The summed E-state index contributed by atoms with van der Waals surface area (Å²) in [5.74, 6) is -0.333. The molecule has 1 N–H and O–H groups in total. The zero-order valence-electron chi connectivity index (χ0n) is 14.8. The molecule has 7 heteroatoms. The average molecular weight is 476 g/mol. The first-order chi connectivity index (χ1) is 13.0. The molecule has 0 radical (unpaired) electrons. The van der Waals surface area contributed by atoms with Gasteiger partial charge in [-0.05, 0) is 83.6 Å². The lowest BCUT2D eigenvalue weighted by Crippen LogP contribution is -2.13. The number of nitriles is 1. The fraction of sp³-hybridized carbons (Fsp3) is 0.150. The van der Waals surface area contributed by atoms with Crippen molar-refractivity contribution in [2.24, 2.45) is 0 Å². The van der Waals surface area contributed by atoms with Crippen LogP contribution in [-0.4, -0.2) is 25.6 Å². The molecule has 0 saturated heterocycles. The number of halogens is 1.